The quantitative estimate of drug-likeness (QED) is 0.753. The van der Waals surface area contributed by atoms with E-state index in [4.69, 9.17) is 10.8 Å². The Hall–Kier alpha value is -0.570. The van der Waals surface area contributed by atoms with Crippen LogP contribution in [0.4, 0.5) is 0 Å². The van der Waals surface area contributed by atoms with Gasteiger partial charge in [-0.05, 0) is 25.2 Å². The van der Waals surface area contributed by atoms with Gasteiger partial charge in [0.15, 0.2) is 0 Å². The van der Waals surface area contributed by atoms with Crippen LogP contribution >= 0.6 is 0 Å². The van der Waals surface area contributed by atoms with Crippen molar-refractivity contribution in [1.82, 2.24) is 0 Å². The van der Waals surface area contributed by atoms with Gasteiger partial charge in [0, 0.05) is 6.54 Å². The summed E-state index contributed by atoms with van der Waals surface area (Å²) >= 11 is 0. The molecule has 1 unspecified atom stereocenters. The molecule has 1 fully saturated rings. The van der Waals surface area contributed by atoms with Crippen LogP contribution < -0.4 is 5.73 Å². The number of rotatable bonds is 4. The zero-order valence-corrected chi connectivity index (χ0v) is 9.83. The number of carbonyl (C=O) groups is 1. The SMILES string of the molecule is CC1CCC(CC(C)(CN)C(=O)O)CC1. The van der Waals surface area contributed by atoms with E-state index in [2.05, 4.69) is 6.92 Å². The molecule has 0 aliphatic heterocycles. The van der Waals surface area contributed by atoms with Crippen molar-refractivity contribution in [3.05, 3.63) is 0 Å². The van der Waals surface area contributed by atoms with Gasteiger partial charge in [-0.1, -0.05) is 32.6 Å². The lowest BCUT2D eigenvalue weighted by Gasteiger charge is -2.32. The van der Waals surface area contributed by atoms with E-state index in [9.17, 15) is 4.79 Å². The van der Waals surface area contributed by atoms with Crippen molar-refractivity contribution < 1.29 is 9.90 Å². The average molecular weight is 213 g/mol. The summed E-state index contributed by atoms with van der Waals surface area (Å²) in [6, 6.07) is 0. The van der Waals surface area contributed by atoms with Crippen LogP contribution in [0.3, 0.4) is 0 Å². The summed E-state index contributed by atoms with van der Waals surface area (Å²) in [6.07, 6.45) is 5.56. The van der Waals surface area contributed by atoms with Crippen LogP contribution in [0.1, 0.15) is 46.0 Å². The standard InChI is InChI=1S/C12H23NO2/c1-9-3-5-10(6-4-9)7-12(2,8-13)11(14)15/h9-10H,3-8,13H2,1-2H3,(H,14,15). The first kappa shape index (κ1) is 12.5. The van der Waals surface area contributed by atoms with Crippen LogP contribution in [-0.2, 0) is 4.79 Å². The predicted octanol–water partition coefficient (Wildman–Crippen LogP) is 2.25. The maximum Gasteiger partial charge on any atom is 0.310 e. The Morgan fingerprint density at radius 1 is 1.40 bits per heavy atom. The highest BCUT2D eigenvalue weighted by molar-refractivity contribution is 5.74. The number of nitrogens with two attached hydrogens (primary N) is 1. The lowest BCUT2D eigenvalue weighted by Crippen LogP contribution is -2.38. The van der Waals surface area contributed by atoms with Crippen molar-refractivity contribution >= 4 is 5.97 Å². The van der Waals surface area contributed by atoms with E-state index >= 15 is 0 Å². The largest absolute Gasteiger partial charge is 0.481 e. The molecule has 0 heterocycles. The minimum atomic E-state index is -0.747. The number of carboxylic acids is 1. The fourth-order valence-electron chi connectivity index (χ4n) is 2.43. The second-order valence-electron chi connectivity index (χ2n) is 5.40. The molecular weight excluding hydrogens is 190 g/mol. The first-order chi connectivity index (χ1) is 6.98. The molecular formula is C12H23NO2. The molecule has 0 aromatic carbocycles. The number of hydrogen-bond acceptors (Lipinski definition) is 2. The molecule has 0 saturated heterocycles. The van der Waals surface area contributed by atoms with Crippen molar-refractivity contribution in [3.8, 4) is 0 Å². The third kappa shape index (κ3) is 3.20. The van der Waals surface area contributed by atoms with Gasteiger partial charge in [0.2, 0.25) is 0 Å². The normalized spacial score (nSPS) is 30.9. The Morgan fingerprint density at radius 3 is 2.33 bits per heavy atom. The highest BCUT2D eigenvalue weighted by atomic mass is 16.4. The minimum absolute atomic E-state index is 0.244. The van der Waals surface area contributed by atoms with Gasteiger partial charge in [-0.15, -0.1) is 0 Å². The Bertz CT molecular complexity index is 222. The second kappa shape index (κ2) is 4.97. The molecule has 0 amide bonds. The van der Waals surface area contributed by atoms with Gasteiger partial charge in [0.05, 0.1) is 5.41 Å². The third-order valence-corrected chi connectivity index (χ3v) is 3.84. The molecule has 1 aliphatic carbocycles. The van der Waals surface area contributed by atoms with Gasteiger partial charge in [-0.25, -0.2) is 0 Å². The van der Waals surface area contributed by atoms with Gasteiger partial charge in [0.25, 0.3) is 0 Å². The Balaban J connectivity index is 2.49. The van der Waals surface area contributed by atoms with Crippen molar-refractivity contribution in [2.75, 3.05) is 6.54 Å². The molecule has 0 radical (unpaired) electrons. The highest BCUT2D eigenvalue weighted by Crippen LogP contribution is 2.36. The highest BCUT2D eigenvalue weighted by Gasteiger charge is 2.35. The van der Waals surface area contributed by atoms with Gasteiger partial charge >= 0.3 is 5.97 Å². The number of carboxylic acid groups (broad SMARTS) is 1. The zero-order chi connectivity index (χ0) is 11.5. The van der Waals surface area contributed by atoms with E-state index in [0.29, 0.717) is 5.92 Å². The molecule has 0 aromatic heterocycles. The molecule has 3 heteroatoms. The van der Waals surface area contributed by atoms with Crippen LogP contribution in [0.5, 0.6) is 0 Å². The van der Waals surface area contributed by atoms with E-state index in [0.717, 1.165) is 12.3 Å². The van der Waals surface area contributed by atoms with E-state index in [1.54, 1.807) is 6.92 Å². The topological polar surface area (TPSA) is 63.3 Å². The summed E-state index contributed by atoms with van der Waals surface area (Å²) in [5.74, 6) is 0.629. The van der Waals surface area contributed by atoms with E-state index < -0.39 is 11.4 Å². The monoisotopic (exact) mass is 213 g/mol. The first-order valence-electron chi connectivity index (χ1n) is 5.91. The van der Waals surface area contributed by atoms with Crippen molar-refractivity contribution in [1.29, 1.82) is 0 Å². The molecule has 3 nitrogen and oxygen atoms in total. The smallest absolute Gasteiger partial charge is 0.310 e. The Labute approximate surface area is 92.0 Å². The molecule has 88 valence electrons. The van der Waals surface area contributed by atoms with Gasteiger partial charge in [-0.2, -0.15) is 0 Å². The maximum absolute atomic E-state index is 11.1. The molecule has 0 bridgehead atoms. The summed E-state index contributed by atoms with van der Waals surface area (Å²) < 4.78 is 0. The molecule has 1 rings (SSSR count). The van der Waals surface area contributed by atoms with Crippen LogP contribution in [0.15, 0.2) is 0 Å². The molecule has 3 N–H and O–H groups in total. The fraction of sp³-hybridized carbons (Fsp3) is 0.917. The van der Waals surface area contributed by atoms with E-state index in [1.165, 1.54) is 25.7 Å². The summed E-state index contributed by atoms with van der Waals surface area (Å²) in [4.78, 5) is 11.1. The Kier molecular flexibility index (Phi) is 4.14. The molecule has 1 atom stereocenters. The van der Waals surface area contributed by atoms with Crippen molar-refractivity contribution in [2.24, 2.45) is 23.0 Å². The summed E-state index contributed by atoms with van der Waals surface area (Å²) in [6.45, 7) is 4.29. The second-order valence-corrected chi connectivity index (χ2v) is 5.40. The molecule has 1 saturated carbocycles. The van der Waals surface area contributed by atoms with Crippen molar-refractivity contribution in [2.45, 2.75) is 46.0 Å². The van der Waals surface area contributed by atoms with E-state index in [-0.39, 0.29) is 6.54 Å². The first-order valence-corrected chi connectivity index (χ1v) is 5.91. The van der Waals surface area contributed by atoms with Crippen LogP contribution in [0, 0.1) is 17.3 Å². The number of hydrogen-bond donors (Lipinski definition) is 2. The summed E-state index contributed by atoms with van der Waals surface area (Å²) in [5.41, 5.74) is 4.85. The van der Waals surface area contributed by atoms with E-state index in [1.807, 2.05) is 0 Å². The average Bonchev–Trinajstić information content (AvgIpc) is 2.21. The molecule has 15 heavy (non-hydrogen) atoms. The molecule has 1 aliphatic rings. The summed E-state index contributed by atoms with van der Waals surface area (Å²) in [5, 5.41) is 9.14. The molecule has 0 aromatic rings. The minimum Gasteiger partial charge on any atom is -0.481 e. The lowest BCUT2D eigenvalue weighted by molar-refractivity contribution is -0.148. The fourth-order valence-corrected chi connectivity index (χ4v) is 2.43. The maximum atomic E-state index is 11.1. The van der Waals surface area contributed by atoms with Gasteiger partial charge in [-0.3, -0.25) is 4.79 Å². The Morgan fingerprint density at radius 2 is 1.93 bits per heavy atom. The van der Waals surface area contributed by atoms with Crippen molar-refractivity contribution in [3.63, 3.8) is 0 Å². The lowest BCUT2D eigenvalue weighted by atomic mass is 9.73. The van der Waals surface area contributed by atoms with Gasteiger partial charge < -0.3 is 10.8 Å². The number of aliphatic carboxylic acids is 1. The van der Waals surface area contributed by atoms with Crippen LogP contribution in [-0.4, -0.2) is 17.6 Å². The molecule has 0 spiro atoms. The van der Waals surface area contributed by atoms with Gasteiger partial charge in [0.1, 0.15) is 0 Å². The van der Waals surface area contributed by atoms with Crippen LogP contribution in [0.2, 0.25) is 0 Å². The zero-order valence-electron chi connectivity index (χ0n) is 9.83. The third-order valence-electron chi connectivity index (χ3n) is 3.84. The predicted molar refractivity (Wildman–Crippen MR) is 60.5 cm³/mol. The van der Waals surface area contributed by atoms with Crippen LogP contribution in [0.25, 0.3) is 0 Å². The summed E-state index contributed by atoms with van der Waals surface area (Å²) in [7, 11) is 0.